The molecule has 0 fully saturated rings. The SMILES string of the molecule is O=C(Oc1c(F)c(F)c(F)c(F)c1F)c1ccc2nc(N=Nc3cc4c5c(c3)CCCN5CCC4)sc2c1. The van der Waals surface area contributed by atoms with Crippen LogP contribution in [0, 0.1) is 29.1 Å². The van der Waals surface area contributed by atoms with Crippen LogP contribution in [-0.2, 0) is 12.8 Å². The number of fused-ring (bicyclic) bond motifs is 1. The van der Waals surface area contributed by atoms with Gasteiger partial charge in [-0.3, -0.25) is 0 Å². The monoisotopic (exact) mass is 544 g/mol. The fraction of sp³-hybridized carbons (Fsp3) is 0.231. The molecular weight excluding hydrogens is 527 g/mol. The highest BCUT2D eigenvalue weighted by atomic mass is 32.1. The van der Waals surface area contributed by atoms with E-state index in [-0.39, 0.29) is 5.56 Å². The first-order chi connectivity index (χ1) is 18.3. The molecule has 1 aromatic heterocycles. The molecule has 0 bridgehead atoms. The molecule has 0 saturated carbocycles. The van der Waals surface area contributed by atoms with Gasteiger partial charge in [0, 0.05) is 18.8 Å². The van der Waals surface area contributed by atoms with Crippen LogP contribution in [0.25, 0.3) is 10.2 Å². The highest BCUT2D eigenvalue weighted by Gasteiger charge is 2.29. The van der Waals surface area contributed by atoms with Crippen molar-refractivity contribution < 1.29 is 31.5 Å². The minimum Gasteiger partial charge on any atom is -0.416 e. The lowest BCUT2D eigenvalue weighted by Crippen LogP contribution is -2.34. The molecule has 194 valence electrons. The Bertz CT molecular complexity index is 1590. The Labute approximate surface area is 216 Å². The molecule has 0 atom stereocenters. The van der Waals surface area contributed by atoms with Crippen LogP contribution < -0.4 is 9.64 Å². The summed E-state index contributed by atoms with van der Waals surface area (Å²) in [5.41, 5.74) is 4.90. The first-order valence-electron chi connectivity index (χ1n) is 11.8. The van der Waals surface area contributed by atoms with Gasteiger partial charge in [0.2, 0.25) is 40.0 Å². The number of rotatable bonds is 4. The summed E-state index contributed by atoms with van der Waals surface area (Å²) in [6, 6.07) is 8.13. The number of carbonyl (C=O) groups is 1. The maximum atomic E-state index is 13.9. The largest absolute Gasteiger partial charge is 0.416 e. The summed E-state index contributed by atoms with van der Waals surface area (Å²) in [6.07, 6.45) is 4.18. The minimum absolute atomic E-state index is 0.174. The standard InChI is InChI=1S/C26H17F5N4O2S/c27-18-19(28)21(30)24(22(31)20(18)29)37-25(36)14-5-6-16-17(11-14)38-26(32-16)34-33-15-9-12-3-1-7-35-8-2-4-13(10-15)23(12)35/h5-6,9-11H,1-4,7-8H2. The molecule has 0 unspecified atom stereocenters. The van der Waals surface area contributed by atoms with Crippen molar-refractivity contribution in [2.75, 3.05) is 18.0 Å². The van der Waals surface area contributed by atoms with Crippen LogP contribution in [0.4, 0.5) is 38.5 Å². The van der Waals surface area contributed by atoms with E-state index >= 15 is 0 Å². The van der Waals surface area contributed by atoms with E-state index in [4.69, 9.17) is 0 Å². The zero-order valence-corrected chi connectivity index (χ0v) is 20.3. The van der Waals surface area contributed by atoms with Crippen LogP contribution in [0.15, 0.2) is 40.6 Å². The van der Waals surface area contributed by atoms with Crippen LogP contribution >= 0.6 is 11.3 Å². The number of hydrogen-bond donors (Lipinski definition) is 0. The van der Waals surface area contributed by atoms with Gasteiger partial charge in [-0.05, 0) is 67.1 Å². The van der Waals surface area contributed by atoms with Crippen molar-refractivity contribution in [3.8, 4) is 5.75 Å². The van der Waals surface area contributed by atoms with E-state index in [2.05, 4.69) is 24.8 Å². The Hall–Kier alpha value is -3.93. The molecule has 0 spiro atoms. The number of esters is 1. The normalized spacial score (nSPS) is 14.8. The lowest BCUT2D eigenvalue weighted by atomic mass is 9.91. The summed E-state index contributed by atoms with van der Waals surface area (Å²) in [5.74, 6) is -14.2. The third kappa shape index (κ3) is 4.18. The van der Waals surface area contributed by atoms with E-state index in [1.807, 2.05) is 12.1 Å². The van der Waals surface area contributed by atoms with Gasteiger partial charge in [0.05, 0.1) is 21.5 Å². The highest BCUT2D eigenvalue weighted by molar-refractivity contribution is 7.21. The van der Waals surface area contributed by atoms with Crippen molar-refractivity contribution >= 4 is 44.0 Å². The van der Waals surface area contributed by atoms with Gasteiger partial charge in [0.25, 0.3) is 0 Å². The second-order valence-corrected chi connectivity index (χ2v) is 9.98. The molecule has 2 aliphatic rings. The van der Waals surface area contributed by atoms with Gasteiger partial charge in [-0.2, -0.15) is 8.78 Å². The number of carbonyl (C=O) groups excluding carboxylic acids is 1. The molecule has 2 aliphatic heterocycles. The number of azo groups is 1. The Morgan fingerprint density at radius 2 is 1.50 bits per heavy atom. The van der Waals surface area contributed by atoms with Crippen LogP contribution in [0.3, 0.4) is 0 Å². The van der Waals surface area contributed by atoms with E-state index in [0.717, 1.165) is 55.8 Å². The van der Waals surface area contributed by atoms with Crippen molar-refractivity contribution in [1.82, 2.24) is 4.98 Å². The molecule has 0 saturated heterocycles. The third-order valence-corrected chi connectivity index (χ3v) is 7.45. The predicted molar refractivity (Wildman–Crippen MR) is 130 cm³/mol. The van der Waals surface area contributed by atoms with Gasteiger partial charge in [-0.1, -0.05) is 11.3 Å². The number of benzene rings is 3. The second-order valence-electron chi connectivity index (χ2n) is 8.97. The first kappa shape index (κ1) is 24.4. The first-order valence-corrected chi connectivity index (χ1v) is 12.6. The average molecular weight is 545 g/mol. The van der Waals surface area contributed by atoms with Crippen LogP contribution in [0.2, 0.25) is 0 Å². The highest BCUT2D eigenvalue weighted by Crippen LogP contribution is 2.39. The molecule has 0 radical (unpaired) electrons. The quantitative estimate of drug-likeness (QED) is 0.0674. The number of nitrogens with zero attached hydrogens (tertiary/aromatic N) is 4. The lowest BCUT2D eigenvalue weighted by Gasteiger charge is -2.36. The van der Waals surface area contributed by atoms with Crippen LogP contribution in [-0.4, -0.2) is 24.0 Å². The maximum absolute atomic E-state index is 13.9. The van der Waals surface area contributed by atoms with Gasteiger partial charge < -0.3 is 9.64 Å². The van der Waals surface area contributed by atoms with E-state index < -0.39 is 40.8 Å². The van der Waals surface area contributed by atoms with E-state index in [0.29, 0.717) is 15.3 Å². The van der Waals surface area contributed by atoms with Crippen molar-refractivity contribution in [2.45, 2.75) is 25.7 Å². The molecule has 12 heteroatoms. The fourth-order valence-corrected chi connectivity index (χ4v) is 5.68. The van der Waals surface area contributed by atoms with Gasteiger partial charge in [0.15, 0.2) is 0 Å². The number of hydrogen-bond acceptors (Lipinski definition) is 7. The fourth-order valence-electron chi connectivity index (χ4n) is 4.85. The molecule has 0 amide bonds. The molecule has 3 heterocycles. The Morgan fingerprint density at radius 1 is 0.868 bits per heavy atom. The summed E-state index contributed by atoms with van der Waals surface area (Å²) in [7, 11) is 0. The molecule has 0 N–H and O–H groups in total. The molecule has 4 aromatic rings. The van der Waals surface area contributed by atoms with E-state index in [9.17, 15) is 26.7 Å². The number of aryl methyl sites for hydroxylation is 2. The number of ether oxygens (including phenoxy) is 1. The second kappa shape index (κ2) is 9.43. The smallest absolute Gasteiger partial charge is 0.343 e. The maximum Gasteiger partial charge on any atom is 0.343 e. The molecule has 6 rings (SSSR count). The minimum atomic E-state index is -2.34. The molecule has 3 aromatic carbocycles. The number of aromatic nitrogens is 1. The van der Waals surface area contributed by atoms with Gasteiger partial charge >= 0.3 is 5.97 Å². The zero-order valence-electron chi connectivity index (χ0n) is 19.5. The molecular formula is C26H17F5N4O2S. The molecule has 6 nitrogen and oxygen atoms in total. The topological polar surface area (TPSA) is 67.1 Å². The summed E-state index contributed by atoms with van der Waals surface area (Å²) in [5, 5.41) is 8.94. The van der Waals surface area contributed by atoms with Crippen LogP contribution in [0.5, 0.6) is 5.75 Å². The average Bonchev–Trinajstić information content (AvgIpc) is 3.34. The lowest BCUT2D eigenvalue weighted by molar-refractivity contribution is 0.0716. The van der Waals surface area contributed by atoms with E-state index in [1.54, 1.807) is 0 Å². The number of thiazole rings is 1. The molecule has 38 heavy (non-hydrogen) atoms. The van der Waals surface area contributed by atoms with Crippen molar-refractivity contribution in [3.05, 3.63) is 76.1 Å². The van der Waals surface area contributed by atoms with Gasteiger partial charge in [0.1, 0.15) is 0 Å². The van der Waals surface area contributed by atoms with Crippen molar-refractivity contribution in [1.29, 1.82) is 0 Å². The van der Waals surface area contributed by atoms with E-state index in [1.165, 1.54) is 35.0 Å². The Kier molecular flexibility index (Phi) is 6.05. The third-order valence-electron chi connectivity index (χ3n) is 6.55. The Balaban J connectivity index is 1.25. The van der Waals surface area contributed by atoms with Crippen molar-refractivity contribution in [2.24, 2.45) is 10.2 Å². The summed E-state index contributed by atoms with van der Waals surface area (Å²) >= 11 is 1.11. The number of halogens is 5. The number of anilines is 1. The summed E-state index contributed by atoms with van der Waals surface area (Å²) < 4.78 is 72.9. The molecule has 0 aliphatic carbocycles. The van der Waals surface area contributed by atoms with Crippen molar-refractivity contribution in [3.63, 3.8) is 0 Å². The van der Waals surface area contributed by atoms with Crippen LogP contribution in [0.1, 0.15) is 34.3 Å². The Morgan fingerprint density at radius 3 is 2.16 bits per heavy atom. The van der Waals surface area contributed by atoms with Gasteiger partial charge in [-0.15, -0.1) is 10.2 Å². The zero-order chi connectivity index (χ0) is 26.6. The van der Waals surface area contributed by atoms with Gasteiger partial charge in [-0.25, -0.2) is 22.9 Å². The summed E-state index contributed by atoms with van der Waals surface area (Å²) in [4.78, 5) is 19.2. The summed E-state index contributed by atoms with van der Waals surface area (Å²) in [6.45, 7) is 2.15. The predicted octanol–water partition coefficient (Wildman–Crippen LogP) is 7.33.